The van der Waals surface area contributed by atoms with Crippen LogP contribution < -0.4 is 24.2 Å². The van der Waals surface area contributed by atoms with Gasteiger partial charge in [-0.05, 0) is 26.6 Å². The van der Waals surface area contributed by atoms with Crippen LogP contribution in [0.3, 0.4) is 0 Å². The Morgan fingerprint density at radius 2 is 1.84 bits per heavy atom. The normalized spacial score (nSPS) is 14.8. The van der Waals surface area contributed by atoms with E-state index >= 15 is 0 Å². The molecule has 1 aliphatic rings. The average Bonchev–Trinajstić information content (AvgIpc) is 3.24. The highest BCUT2D eigenvalue weighted by molar-refractivity contribution is 7.92. The molecule has 0 bridgehead atoms. The number of anilines is 3. The van der Waals surface area contributed by atoms with Gasteiger partial charge in [0.05, 0.1) is 44.9 Å². The first-order chi connectivity index (χ1) is 18.1. The van der Waals surface area contributed by atoms with E-state index in [4.69, 9.17) is 24.2 Å². The molecule has 0 saturated carbocycles. The number of hydrogen-bond acceptors (Lipinski definition) is 10. The third kappa shape index (κ3) is 5.53. The second kappa shape index (κ2) is 10.9. The minimum Gasteiger partial charge on any atom is -0.497 e. The molecule has 3 aromatic rings. The highest BCUT2D eigenvalue weighted by atomic mass is 32.2. The summed E-state index contributed by atoms with van der Waals surface area (Å²) in [6.07, 6.45) is 6.14. The Balaban J connectivity index is 1.80. The smallest absolute Gasteiger partial charge is 0.282 e. The van der Waals surface area contributed by atoms with Gasteiger partial charge in [-0.1, -0.05) is 13.0 Å². The number of ether oxygens (including phenoxy) is 3. The van der Waals surface area contributed by atoms with Crippen LogP contribution in [0.5, 0.6) is 17.2 Å². The lowest BCUT2D eigenvalue weighted by Gasteiger charge is -2.21. The summed E-state index contributed by atoms with van der Waals surface area (Å²) >= 11 is 0. The van der Waals surface area contributed by atoms with Crippen LogP contribution in [0.25, 0.3) is 6.08 Å². The van der Waals surface area contributed by atoms with Gasteiger partial charge in [0.2, 0.25) is 0 Å². The number of methoxy groups -OCH3 is 3. The third-order valence-electron chi connectivity index (χ3n) is 6.04. The Kier molecular flexibility index (Phi) is 7.78. The molecule has 4 rings (SSSR count). The number of sulfonamides is 1. The Hall–Kier alpha value is -3.84. The van der Waals surface area contributed by atoms with E-state index in [1.165, 1.54) is 27.5 Å². The van der Waals surface area contributed by atoms with Gasteiger partial charge in [-0.3, -0.25) is 4.72 Å². The van der Waals surface area contributed by atoms with Crippen LogP contribution >= 0.6 is 0 Å². The van der Waals surface area contributed by atoms with E-state index in [-0.39, 0.29) is 22.6 Å². The van der Waals surface area contributed by atoms with E-state index in [1.54, 1.807) is 23.7 Å². The van der Waals surface area contributed by atoms with Crippen LogP contribution in [-0.2, 0) is 23.6 Å². The van der Waals surface area contributed by atoms with Crippen LogP contribution in [-0.4, -0.2) is 68.3 Å². The molecule has 38 heavy (non-hydrogen) atoms. The van der Waals surface area contributed by atoms with Crippen molar-refractivity contribution in [1.29, 1.82) is 0 Å². The number of fused-ring (bicyclic) bond motifs is 1. The quantitative estimate of drug-likeness (QED) is 0.392. The lowest BCUT2D eigenvalue weighted by Crippen LogP contribution is -2.19. The van der Waals surface area contributed by atoms with Gasteiger partial charge in [0.15, 0.2) is 28.2 Å². The molecule has 0 spiro atoms. The fourth-order valence-corrected chi connectivity index (χ4v) is 5.12. The summed E-state index contributed by atoms with van der Waals surface area (Å²) in [4.78, 5) is 15.7. The highest BCUT2D eigenvalue weighted by Crippen LogP contribution is 2.42. The third-order valence-corrected chi connectivity index (χ3v) is 7.25. The van der Waals surface area contributed by atoms with Crippen LogP contribution in [0.15, 0.2) is 29.4 Å². The number of benzene rings is 1. The maximum Gasteiger partial charge on any atom is 0.282 e. The lowest BCUT2D eigenvalue weighted by molar-refractivity contribution is 0.350. The van der Waals surface area contributed by atoms with Gasteiger partial charge in [0.25, 0.3) is 10.0 Å². The summed E-state index contributed by atoms with van der Waals surface area (Å²) in [6.45, 7) is 2.50. The monoisotopic (exact) mass is 543 g/mol. The van der Waals surface area contributed by atoms with E-state index in [0.717, 1.165) is 6.42 Å². The molecule has 12 nitrogen and oxygen atoms in total. The van der Waals surface area contributed by atoms with Crippen molar-refractivity contribution in [3.8, 4) is 17.2 Å². The van der Waals surface area contributed by atoms with Crippen molar-refractivity contribution < 1.29 is 22.6 Å². The van der Waals surface area contributed by atoms with E-state index in [9.17, 15) is 8.42 Å². The minimum atomic E-state index is -4.09. The van der Waals surface area contributed by atoms with E-state index in [1.807, 2.05) is 38.1 Å². The van der Waals surface area contributed by atoms with E-state index in [2.05, 4.69) is 15.0 Å². The van der Waals surface area contributed by atoms with Gasteiger partial charge >= 0.3 is 0 Å². The highest BCUT2D eigenvalue weighted by Gasteiger charge is 2.26. The van der Waals surface area contributed by atoms with E-state index < -0.39 is 10.0 Å². The van der Waals surface area contributed by atoms with Crippen molar-refractivity contribution in [2.75, 3.05) is 45.5 Å². The standard InChI is InChI=1S/C25H33N7O5S/c1-15-9-8-10-17-22(15)29-25(30-38(33,34)21-14-32(4)20(28-21)13-31(2)3)24(26-17)27-18-11-16(35-5)12-19(36-6)23(18)37-7/h8,10-12,14-15H,9,13H2,1-7H3,(H,26,27)(H,29,30). The first-order valence-corrected chi connectivity index (χ1v) is 13.4. The fraction of sp³-hybridized carbons (Fsp3) is 0.400. The molecule has 1 unspecified atom stereocenters. The maximum absolute atomic E-state index is 13.5. The maximum atomic E-state index is 13.5. The number of imidazole rings is 1. The van der Waals surface area contributed by atoms with Gasteiger partial charge in [-0.2, -0.15) is 8.42 Å². The van der Waals surface area contributed by atoms with E-state index in [0.29, 0.717) is 46.7 Å². The Morgan fingerprint density at radius 1 is 1.08 bits per heavy atom. The summed E-state index contributed by atoms with van der Waals surface area (Å²) in [5, 5.41) is 3.06. The van der Waals surface area contributed by atoms with Crippen LogP contribution in [0.4, 0.5) is 17.3 Å². The zero-order chi connectivity index (χ0) is 27.6. The van der Waals surface area contributed by atoms with Crippen LogP contribution in [0.1, 0.15) is 36.5 Å². The largest absolute Gasteiger partial charge is 0.497 e. The molecule has 2 aromatic heterocycles. The lowest BCUT2D eigenvalue weighted by atomic mass is 9.96. The molecular weight excluding hydrogens is 510 g/mol. The molecule has 0 amide bonds. The molecule has 1 aliphatic carbocycles. The molecule has 0 fully saturated rings. The molecule has 0 radical (unpaired) electrons. The topological polar surface area (TPSA) is 133 Å². The SMILES string of the molecule is COc1cc(Nc2nc3c(nc2NS(=O)(=O)c2cn(C)c(CN(C)C)n2)C(C)CC=C3)c(OC)c(OC)c1. The summed E-state index contributed by atoms with van der Waals surface area (Å²) in [5.74, 6) is 2.22. The van der Waals surface area contributed by atoms with Gasteiger partial charge in [0, 0.05) is 31.3 Å². The summed E-state index contributed by atoms with van der Waals surface area (Å²) in [5.41, 5.74) is 1.80. The molecule has 204 valence electrons. The molecule has 2 N–H and O–H groups in total. The molecule has 2 heterocycles. The Morgan fingerprint density at radius 3 is 2.50 bits per heavy atom. The van der Waals surface area contributed by atoms with Gasteiger partial charge in [0.1, 0.15) is 11.6 Å². The summed E-state index contributed by atoms with van der Waals surface area (Å²) in [6, 6.07) is 3.38. The number of hydrogen-bond donors (Lipinski definition) is 2. The number of aromatic nitrogens is 4. The molecule has 0 saturated heterocycles. The molecule has 13 heteroatoms. The summed E-state index contributed by atoms with van der Waals surface area (Å²) in [7, 11) is 6.00. The second-order valence-corrected chi connectivity index (χ2v) is 10.8. The minimum absolute atomic E-state index is 0.0366. The number of nitrogens with one attached hydrogen (secondary N) is 2. The molecule has 0 aliphatic heterocycles. The van der Waals surface area contributed by atoms with Crippen molar-refractivity contribution in [1.82, 2.24) is 24.4 Å². The molecule has 1 aromatic carbocycles. The number of aryl methyl sites for hydroxylation is 1. The Labute approximate surface area is 222 Å². The van der Waals surface area contributed by atoms with Crippen molar-refractivity contribution in [3.05, 3.63) is 41.6 Å². The molecular formula is C25H33N7O5S. The number of rotatable bonds is 10. The van der Waals surface area contributed by atoms with Gasteiger partial charge < -0.3 is 29.0 Å². The first kappa shape index (κ1) is 27.2. The Bertz CT molecular complexity index is 1470. The second-order valence-electron chi connectivity index (χ2n) is 9.22. The molecule has 1 atom stereocenters. The average molecular weight is 544 g/mol. The van der Waals surface area contributed by atoms with Crippen molar-refractivity contribution in [2.45, 2.75) is 30.8 Å². The zero-order valence-electron chi connectivity index (χ0n) is 22.6. The number of nitrogens with zero attached hydrogens (tertiary/aromatic N) is 5. The van der Waals surface area contributed by atoms with Crippen molar-refractivity contribution >= 4 is 33.4 Å². The first-order valence-electron chi connectivity index (χ1n) is 11.9. The number of allylic oxidation sites excluding steroid dienone is 1. The zero-order valence-corrected chi connectivity index (χ0v) is 23.4. The predicted molar refractivity (Wildman–Crippen MR) is 145 cm³/mol. The fourth-order valence-electron chi connectivity index (χ4n) is 4.09. The van der Waals surface area contributed by atoms with Crippen LogP contribution in [0, 0.1) is 0 Å². The summed E-state index contributed by atoms with van der Waals surface area (Å²) < 4.78 is 47.6. The van der Waals surface area contributed by atoms with Crippen molar-refractivity contribution in [2.24, 2.45) is 7.05 Å². The van der Waals surface area contributed by atoms with Gasteiger partial charge in [-0.15, -0.1) is 0 Å². The van der Waals surface area contributed by atoms with Gasteiger partial charge in [-0.25, -0.2) is 15.0 Å². The predicted octanol–water partition coefficient (Wildman–Crippen LogP) is 3.36. The van der Waals surface area contributed by atoms with Crippen molar-refractivity contribution in [3.63, 3.8) is 0 Å². The van der Waals surface area contributed by atoms with Crippen LogP contribution in [0.2, 0.25) is 0 Å².